The molecule has 0 heterocycles. The minimum atomic E-state index is 0. The molecule has 2 aromatic carbocycles. The fourth-order valence-corrected chi connectivity index (χ4v) is 3.31. The van der Waals surface area contributed by atoms with E-state index in [1.54, 1.807) is 0 Å². The van der Waals surface area contributed by atoms with Crippen LogP contribution in [-0.2, 0) is 6.42 Å². The summed E-state index contributed by atoms with van der Waals surface area (Å²) < 4.78 is 0. The van der Waals surface area contributed by atoms with E-state index in [-0.39, 0.29) is 59.1 Å². The van der Waals surface area contributed by atoms with Gasteiger partial charge in [0.1, 0.15) is 0 Å². The molecule has 0 aliphatic rings. The van der Waals surface area contributed by atoms with E-state index >= 15 is 0 Å². The van der Waals surface area contributed by atoms with Crippen LogP contribution >= 0.6 is 0 Å². The first-order valence-electron chi connectivity index (χ1n) is 10.0. The number of benzene rings is 2. The first-order chi connectivity index (χ1) is 11.9. The molecule has 0 nitrogen and oxygen atoms in total. The molecule has 0 bridgehead atoms. The molecular formula is C24H36Na2. The van der Waals surface area contributed by atoms with Crippen LogP contribution in [0.25, 0.3) is 11.1 Å². The van der Waals surface area contributed by atoms with Gasteiger partial charge in [0.05, 0.1) is 0 Å². The van der Waals surface area contributed by atoms with Crippen LogP contribution in [0, 0.1) is 0 Å². The number of hydrogen-bond acceptors (Lipinski definition) is 0. The molecule has 2 rings (SSSR count). The van der Waals surface area contributed by atoms with Gasteiger partial charge in [-0.25, -0.2) is 0 Å². The molecule has 0 aromatic heterocycles. The van der Waals surface area contributed by atoms with Crippen LogP contribution in [0.1, 0.15) is 76.7 Å². The molecule has 0 fully saturated rings. The molecule has 0 amide bonds. The summed E-state index contributed by atoms with van der Waals surface area (Å²) in [4.78, 5) is 0. The average Bonchev–Trinajstić information content (AvgIpc) is 2.64. The third kappa shape index (κ3) is 11.3. The van der Waals surface area contributed by atoms with E-state index < -0.39 is 0 Å². The minimum absolute atomic E-state index is 0. The fraction of sp³-hybridized carbons (Fsp3) is 0.500. The molecule has 0 atom stereocenters. The monoisotopic (exact) mass is 370 g/mol. The number of unbranched alkanes of at least 4 members (excludes halogenated alkanes) is 9. The summed E-state index contributed by atoms with van der Waals surface area (Å²) in [6.07, 6.45) is 15.3. The van der Waals surface area contributed by atoms with Crippen LogP contribution in [0.3, 0.4) is 0 Å². The Morgan fingerprint density at radius 2 is 0.962 bits per heavy atom. The number of rotatable bonds is 12. The molecule has 2 heteroatoms. The molecular weight excluding hydrogens is 334 g/mol. The van der Waals surface area contributed by atoms with Crippen molar-refractivity contribution in [2.24, 2.45) is 0 Å². The third-order valence-corrected chi connectivity index (χ3v) is 4.88. The van der Waals surface area contributed by atoms with Crippen LogP contribution < -0.4 is 0 Å². The van der Waals surface area contributed by atoms with Crippen LogP contribution in [0.5, 0.6) is 0 Å². The molecule has 0 unspecified atom stereocenters. The van der Waals surface area contributed by atoms with Crippen LogP contribution in [0.4, 0.5) is 0 Å². The Hall–Kier alpha value is 0.440. The molecule has 0 radical (unpaired) electrons. The van der Waals surface area contributed by atoms with Gasteiger partial charge in [-0.1, -0.05) is 119 Å². The van der Waals surface area contributed by atoms with Gasteiger partial charge in [0.15, 0.2) is 0 Å². The summed E-state index contributed by atoms with van der Waals surface area (Å²) in [7, 11) is 0. The van der Waals surface area contributed by atoms with Gasteiger partial charge < -0.3 is 0 Å². The summed E-state index contributed by atoms with van der Waals surface area (Å²) in [5, 5.41) is 0. The van der Waals surface area contributed by atoms with Crippen molar-refractivity contribution < 1.29 is 0 Å². The maximum atomic E-state index is 2.30. The number of hydrogen-bond donors (Lipinski definition) is 0. The second kappa shape index (κ2) is 17.5. The van der Waals surface area contributed by atoms with E-state index in [0.717, 1.165) is 0 Å². The molecule has 0 N–H and O–H groups in total. The van der Waals surface area contributed by atoms with E-state index in [2.05, 4.69) is 61.5 Å². The van der Waals surface area contributed by atoms with E-state index in [9.17, 15) is 0 Å². The van der Waals surface area contributed by atoms with Crippen molar-refractivity contribution in [1.29, 1.82) is 0 Å². The summed E-state index contributed by atoms with van der Waals surface area (Å²) in [5.41, 5.74) is 4.11. The van der Waals surface area contributed by atoms with Gasteiger partial charge in [-0.2, -0.15) is 0 Å². The summed E-state index contributed by atoms with van der Waals surface area (Å²) in [5.74, 6) is 0. The van der Waals surface area contributed by atoms with Crippen LogP contribution in [-0.4, -0.2) is 59.1 Å². The van der Waals surface area contributed by atoms with E-state index in [1.807, 2.05) is 0 Å². The van der Waals surface area contributed by atoms with Crippen molar-refractivity contribution in [3.05, 3.63) is 60.2 Å². The Bertz CT molecular complexity index is 534. The van der Waals surface area contributed by atoms with Crippen molar-refractivity contribution in [3.8, 4) is 11.1 Å². The van der Waals surface area contributed by atoms with Crippen LogP contribution in [0.2, 0.25) is 0 Å². The third-order valence-electron chi connectivity index (χ3n) is 4.88. The van der Waals surface area contributed by atoms with Gasteiger partial charge in [-0.15, -0.1) is 0 Å². The molecule has 0 spiro atoms. The summed E-state index contributed by atoms with van der Waals surface area (Å²) in [6.45, 7) is 2.29. The first kappa shape index (κ1) is 26.4. The Morgan fingerprint density at radius 1 is 0.500 bits per heavy atom. The molecule has 0 saturated carbocycles. The Kier molecular flexibility index (Phi) is 17.8. The van der Waals surface area contributed by atoms with Gasteiger partial charge in [0.25, 0.3) is 0 Å². The number of aryl methyl sites for hydroxylation is 1. The van der Waals surface area contributed by atoms with Gasteiger partial charge in [0.2, 0.25) is 0 Å². The predicted molar refractivity (Wildman–Crippen MR) is 122 cm³/mol. The molecule has 134 valence electrons. The van der Waals surface area contributed by atoms with Crippen molar-refractivity contribution in [2.75, 3.05) is 0 Å². The van der Waals surface area contributed by atoms with Crippen molar-refractivity contribution in [2.45, 2.75) is 77.6 Å². The van der Waals surface area contributed by atoms with Gasteiger partial charge in [-0.3, -0.25) is 0 Å². The fourth-order valence-electron chi connectivity index (χ4n) is 3.31. The van der Waals surface area contributed by atoms with E-state index in [1.165, 1.54) is 87.3 Å². The van der Waals surface area contributed by atoms with Gasteiger partial charge in [-0.05, 0) is 29.5 Å². The van der Waals surface area contributed by atoms with E-state index in [0.29, 0.717) is 0 Å². The Morgan fingerprint density at radius 3 is 1.50 bits per heavy atom. The zero-order valence-electron chi connectivity index (χ0n) is 15.5. The van der Waals surface area contributed by atoms with Gasteiger partial charge in [0, 0.05) is 0 Å². The molecule has 2 aromatic rings. The topological polar surface area (TPSA) is 0 Å². The standard InChI is InChI=1S/C24H34.2Na.2H/c1-2-3-4-5-6-7-8-9-10-12-15-22-18-20-24(21-19-22)23-16-13-11-14-17-23;;;;/h11,13-14,16-21H,2-10,12,15H2,1H3;;;;. The summed E-state index contributed by atoms with van der Waals surface area (Å²) in [6, 6.07) is 19.8. The predicted octanol–water partition coefficient (Wildman–Crippen LogP) is 6.52. The van der Waals surface area contributed by atoms with Gasteiger partial charge >= 0.3 is 59.1 Å². The molecule has 0 aliphatic carbocycles. The Labute approximate surface area is 206 Å². The zero-order chi connectivity index (χ0) is 16.9. The average molecular weight is 371 g/mol. The first-order valence-corrected chi connectivity index (χ1v) is 10.0. The van der Waals surface area contributed by atoms with Crippen molar-refractivity contribution in [1.82, 2.24) is 0 Å². The molecule has 26 heavy (non-hydrogen) atoms. The van der Waals surface area contributed by atoms with Crippen molar-refractivity contribution >= 4 is 59.1 Å². The molecule has 0 aliphatic heterocycles. The van der Waals surface area contributed by atoms with E-state index in [4.69, 9.17) is 0 Å². The SMILES string of the molecule is CCCCCCCCCCCCc1ccc(-c2ccccc2)cc1.[NaH].[NaH]. The summed E-state index contributed by atoms with van der Waals surface area (Å²) >= 11 is 0. The quantitative estimate of drug-likeness (QED) is 0.295. The zero-order valence-corrected chi connectivity index (χ0v) is 15.5. The second-order valence-corrected chi connectivity index (χ2v) is 6.99. The normalized spacial score (nSPS) is 10.0. The van der Waals surface area contributed by atoms with Crippen LogP contribution in [0.15, 0.2) is 54.6 Å². The van der Waals surface area contributed by atoms with Crippen molar-refractivity contribution in [3.63, 3.8) is 0 Å². The maximum absolute atomic E-state index is 2.30. The Balaban J connectivity index is 0.00000312. The molecule has 0 saturated heterocycles. The second-order valence-electron chi connectivity index (χ2n) is 6.99.